The lowest BCUT2D eigenvalue weighted by atomic mass is 9.97. The summed E-state index contributed by atoms with van der Waals surface area (Å²) in [6.45, 7) is 4.10. The summed E-state index contributed by atoms with van der Waals surface area (Å²) >= 11 is 0.642. The first-order chi connectivity index (χ1) is 8.38. The van der Waals surface area contributed by atoms with Gasteiger partial charge in [0.05, 0.1) is 6.10 Å². The van der Waals surface area contributed by atoms with Crippen molar-refractivity contribution >= 4 is 16.7 Å². The van der Waals surface area contributed by atoms with Crippen LogP contribution in [-0.2, 0) is 6.18 Å². The lowest BCUT2D eigenvalue weighted by Gasteiger charge is -2.19. The van der Waals surface area contributed by atoms with Gasteiger partial charge in [-0.05, 0) is 5.92 Å². The van der Waals surface area contributed by atoms with Crippen LogP contribution in [0.1, 0.15) is 32.5 Å². The average Bonchev–Trinajstić information content (AvgIpc) is 2.76. The maximum Gasteiger partial charge on any atom is 0.452 e. The Morgan fingerprint density at radius 3 is 2.39 bits per heavy atom. The van der Waals surface area contributed by atoms with Crippen LogP contribution in [0.2, 0.25) is 0 Å². The molecule has 1 unspecified atom stereocenters. The van der Waals surface area contributed by atoms with Crippen LogP contribution in [0.4, 0.5) is 18.3 Å². The first-order valence-corrected chi connectivity index (χ1v) is 6.48. The molecular weight excluding hydrogens is 267 g/mol. The molecule has 1 aromatic rings. The number of nitrogens with one attached hydrogen (secondary N) is 1. The highest BCUT2D eigenvalue weighted by Crippen LogP contribution is 2.29. The van der Waals surface area contributed by atoms with E-state index in [0.29, 0.717) is 11.5 Å². The van der Waals surface area contributed by atoms with Crippen molar-refractivity contribution in [1.29, 1.82) is 0 Å². The second-order valence-corrected chi connectivity index (χ2v) is 4.70. The van der Waals surface area contributed by atoms with Crippen LogP contribution in [0.25, 0.3) is 0 Å². The maximum atomic E-state index is 12.2. The van der Waals surface area contributed by atoms with E-state index in [1.54, 1.807) is 0 Å². The maximum absolute atomic E-state index is 12.2. The molecule has 0 saturated carbocycles. The minimum absolute atomic E-state index is 0.0762. The van der Waals surface area contributed by atoms with Gasteiger partial charge in [-0.15, -0.1) is 0 Å². The van der Waals surface area contributed by atoms with E-state index in [0.717, 1.165) is 12.8 Å². The van der Waals surface area contributed by atoms with Crippen molar-refractivity contribution in [3.63, 3.8) is 0 Å². The largest absolute Gasteiger partial charge is 0.452 e. The topological polar surface area (TPSA) is 58.0 Å². The molecule has 1 heterocycles. The summed E-state index contributed by atoms with van der Waals surface area (Å²) in [4.78, 5) is 3.32. The number of anilines is 1. The Balaban J connectivity index is 2.51. The van der Waals surface area contributed by atoms with E-state index in [-0.39, 0.29) is 17.6 Å². The summed E-state index contributed by atoms with van der Waals surface area (Å²) in [6.07, 6.45) is -3.48. The van der Waals surface area contributed by atoms with Gasteiger partial charge in [0.25, 0.3) is 0 Å². The molecule has 0 fully saturated rings. The van der Waals surface area contributed by atoms with Crippen molar-refractivity contribution in [1.82, 2.24) is 9.36 Å². The number of nitrogens with zero attached hydrogens (tertiary/aromatic N) is 2. The number of rotatable bonds is 6. The number of aliphatic hydroxyl groups excluding tert-OH is 1. The van der Waals surface area contributed by atoms with Gasteiger partial charge in [-0.2, -0.15) is 22.5 Å². The van der Waals surface area contributed by atoms with E-state index < -0.39 is 18.1 Å². The van der Waals surface area contributed by atoms with Crippen LogP contribution in [0.5, 0.6) is 0 Å². The van der Waals surface area contributed by atoms with Gasteiger partial charge in [0.2, 0.25) is 11.0 Å². The molecule has 4 nitrogen and oxygen atoms in total. The zero-order valence-corrected chi connectivity index (χ0v) is 11.0. The highest BCUT2D eigenvalue weighted by molar-refractivity contribution is 7.09. The zero-order chi connectivity index (χ0) is 13.8. The average molecular weight is 283 g/mol. The second kappa shape index (κ2) is 6.33. The molecule has 1 rings (SSSR count). The standard InChI is InChI=1S/C10H16F3N3OS/c1-3-6(4-2)7(17)5-14-9-15-8(16-18-9)10(11,12)13/h6-7,17H,3-5H2,1-2H3,(H,14,15,16). The van der Waals surface area contributed by atoms with E-state index in [2.05, 4.69) is 14.7 Å². The van der Waals surface area contributed by atoms with Gasteiger partial charge in [-0.1, -0.05) is 26.7 Å². The van der Waals surface area contributed by atoms with Crippen molar-refractivity contribution in [3.8, 4) is 0 Å². The lowest BCUT2D eigenvalue weighted by Crippen LogP contribution is -2.27. The molecule has 0 bridgehead atoms. The minimum atomic E-state index is -4.52. The number of aromatic nitrogens is 2. The summed E-state index contributed by atoms with van der Waals surface area (Å²) in [5.74, 6) is -1.01. The van der Waals surface area contributed by atoms with Crippen LogP contribution in [0, 0.1) is 5.92 Å². The third-order valence-electron chi connectivity index (χ3n) is 2.73. The van der Waals surface area contributed by atoms with Crippen LogP contribution >= 0.6 is 11.5 Å². The zero-order valence-electron chi connectivity index (χ0n) is 10.2. The summed E-state index contributed by atoms with van der Waals surface area (Å²) in [5, 5.41) is 12.6. The molecule has 104 valence electrons. The smallest absolute Gasteiger partial charge is 0.391 e. The predicted octanol–water partition coefficient (Wildman–Crippen LogP) is 2.77. The predicted molar refractivity (Wildman–Crippen MR) is 63.5 cm³/mol. The summed E-state index contributed by atoms with van der Waals surface area (Å²) < 4.78 is 39.9. The summed E-state index contributed by atoms with van der Waals surface area (Å²) in [6, 6.07) is 0. The molecule has 0 radical (unpaired) electrons. The van der Waals surface area contributed by atoms with Gasteiger partial charge in [0.15, 0.2) is 0 Å². The molecule has 0 aliphatic carbocycles. The van der Waals surface area contributed by atoms with E-state index in [1.807, 2.05) is 13.8 Å². The van der Waals surface area contributed by atoms with Gasteiger partial charge >= 0.3 is 6.18 Å². The SMILES string of the molecule is CCC(CC)C(O)CNc1nc(C(F)(F)F)ns1. The van der Waals surface area contributed by atoms with Crippen molar-refractivity contribution < 1.29 is 18.3 Å². The first kappa shape index (κ1) is 15.2. The lowest BCUT2D eigenvalue weighted by molar-refractivity contribution is -0.144. The van der Waals surface area contributed by atoms with Crippen LogP contribution in [0.15, 0.2) is 0 Å². The van der Waals surface area contributed by atoms with Gasteiger partial charge in [0, 0.05) is 18.1 Å². The molecule has 1 atom stereocenters. The Bertz CT molecular complexity index is 365. The van der Waals surface area contributed by atoms with E-state index >= 15 is 0 Å². The number of hydrogen-bond acceptors (Lipinski definition) is 5. The third-order valence-corrected chi connectivity index (χ3v) is 3.41. The highest BCUT2D eigenvalue weighted by atomic mass is 32.1. The molecule has 0 aliphatic rings. The van der Waals surface area contributed by atoms with Crippen LogP contribution in [0.3, 0.4) is 0 Å². The molecule has 0 saturated heterocycles. The number of halogens is 3. The molecule has 0 amide bonds. The molecule has 0 aliphatic heterocycles. The minimum Gasteiger partial charge on any atom is -0.391 e. The molecule has 8 heteroatoms. The van der Waals surface area contributed by atoms with Crippen molar-refractivity contribution in [2.45, 2.75) is 39.0 Å². The van der Waals surface area contributed by atoms with E-state index in [9.17, 15) is 18.3 Å². The molecular formula is C10H16F3N3OS. The third kappa shape index (κ3) is 4.09. The molecule has 1 aromatic heterocycles. The number of aliphatic hydroxyl groups is 1. The van der Waals surface area contributed by atoms with Crippen molar-refractivity contribution in [2.75, 3.05) is 11.9 Å². The second-order valence-electron chi connectivity index (χ2n) is 3.95. The number of hydrogen-bond donors (Lipinski definition) is 2. The van der Waals surface area contributed by atoms with Crippen molar-refractivity contribution in [3.05, 3.63) is 5.82 Å². The number of alkyl halides is 3. The molecule has 2 N–H and O–H groups in total. The summed E-state index contributed by atoms with van der Waals surface area (Å²) in [5.41, 5.74) is 0. The Labute approximate surface area is 107 Å². The molecule has 18 heavy (non-hydrogen) atoms. The van der Waals surface area contributed by atoms with Crippen LogP contribution in [-0.4, -0.2) is 27.1 Å². The van der Waals surface area contributed by atoms with Gasteiger partial charge in [0.1, 0.15) is 0 Å². The molecule has 0 spiro atoms. The Morgan fingerprint density at radius 2 is 1.94 bits per heavy atom. The highest BCUT2D eigenvalue weighted by Gasteiger charge is 2.36. The van der Waals surface area contributed by atoms with E-state index in [4.69, 9.17) is 0 Å². The summed E-state index contributed by atoms with van der Waals surface area (Å²) in [7, 11) is 0. The van der Waals surface area contributed by atoms with Gasteiger partial charge in [-0.3, -0.25) is 0 Å². The van der Waals surface area contributed by atoms with Crippen LogP contribution < -0.4 is 5.32 Å². The Hall–Kier alpha value is -0.890. The quantitative estimate of drug-likeness (QED) is 0.843. The fourth-order valence-corrected chi connectivity index (χ4v) is 2.19. The first-order valence-electron chi connectivity index (χ1n) is 5.71. The van der Waals surface area contributed by atoms with Gasteiger partial charge < -0.3 is 10.4 Å². The molecule has 0 aromatic carbocycles. The van der Waals surface area contributed by atoms with Gasteiger partial charge in [-0.25, -0.2) is 0 Å². The normalized spacial score (nSPS) is 13.9. The monoisotopic (exact) mass is 283 g/mol. The Morgan fingerprint density at radius 1 is 1.33 bits per heavy atom. The fraction of sp³-hybridized carbons (Fsp3) is 0.800. The van der Waals surface area contributed by atoms with E-state index in [1.165, 1.54) is 0 Å². The van der Waals surface area contributed by atoms with Crippen molar-refractivity contribution in [2.24, 2.45) is 5.92 Å². The fourth-order valence-electron chi connectivity index (χ4n) is 1.60. The Kier molecular flexibility index (Phi) is 5.33.